The minimum atomic E-state index is -0.225. The van der Waals surface area contributed by atoms with Crippen LogP contribution in [0.3, 0.4) is 0 Å². The predicted octanol–water partition coefficient (Wildman–Crippen LogP) is 3.07. The number of benzene rings is 1. The van der Waals surface area contributed by atoms with Crippen LogP contribution >= 0.6 is 11.6 Å². The minimum Gasteiger partial charge on any atom is -0.384 e. The molecule has 1 amide bonds. The minimum absolute atomic E-state index is 0.225. The maximum absolute atomic E-state index is 12.4. The fourth-order valence-electron chi connectivity index (χ4n) is 2.12. The lowest BCUT2D eigenvalue weighted by Gasteiger charge is -2.12. The normalized spacial score (nSPS) is 10.6. The molecule has 0 saturated carbocycles. The van der Waals surface area contributed by atoms with Crippen molar-refractivity contribution in [1.29, 1.82) is 0 Å². The fourth-order valence-corrected chi connectivity index (χ4v) is 2.29. The zero-order chi connectivity index (χ0) is 15.5. The van der Waals surface area contributed by atoms with Crippen molar-refractivity contribution in [1.82, 2.24) is 14.6 Å². The van der Waals surface area contributed by atoms with E-state index in [9.17, 15) is 4.79 Å². The summed E-state index contributed by atoms with van der Waals surface area (Å²) in [5.41, 5.74) is 2.66. The molecule has 7 heteroatoms. The van der Waals surface area contributed by atoms with E-state index in [1.54, 1.807) is 41.2 Å². The molecule has 0 unspecified atom stereocenters. The molecule has 0 atom stereocenters. The highest BCUT2D eigenvalue weighted by Gasteiger charge is 2.11. The van der Waals surface area contributed by atoms with E-state index in [0.29, 0.717) is 21.9 Å². The zero-order valence-corrected chi connectivity index (χ0v) is 12.6. The van der Waals surface area contributed by atoms with Crippen LogP contribution in [-0.4, -0.2) is 27.0 Å². The quantitative estimate of drug-likeness (QED) is 0.776. The first-order chi connectivity index (χ1) is 10.7. The average Bonchev–Trinajstić information content (AvgIpc) is 2.97. The van der Waals surface area contributed by atoms with Gasteiger partial charge in [0, 0.05) is 17.8 Å². The number of carbonyl (C=O) groups excluding carboxylic acids is 1. The Hall–Kier alpha value is -2.60. The number of nitrogens with one attached hydrogen (secondary N) is 2. The molecule has 0 bridgehead atoms. The maximum atomic E-state index is 12.4. The van der Waals surface area contributed by atoms with Crippen LogP contribution in [0.15, 0.2) is 42.9 Å². The second-order valence-electron chi connectivity index (χ2n) is 4.69. The van der Waals surface area contributed by atoms with Crippen LogP contribution in [0.25, 0.3) is 5.65 Å². The Labute approximate surface area is 132 Å². The second-order valence-corrected chi connectivity index (χ2v) is 5.12. The van der Waals surface area contributed by atoms with Crippen LogP contribution in [0.5, 0.6) is 0 Å². The third-order valence-corrected chi connectivity index (χ3v) is 3.39. The molecule has 22 heavy (non-hydrogen) atoms. The number of hydrogen-bond donors (Lipinski definition) is 2. The summed E-state index contributed by atoms with van der Waals surface area (Å²) >= 11 is 6.01. The first-order valence-corrected chi connectivity index (χ1v) is 7.19. The summed E-state index contributed by atoms with van der Waals surface area (Å²) in [6.07, 6.45) is 3.23. The van der Waals surface area contributed by atoms with E-state index in [-0.39, 0.29) is 5.91 Å². The molecule has 0 spiro atoms. The molecule has 2 N–H and O–H groups in total. The van der Waals surface area contributed by atoms with Crippen molar-refractivity contribution >= 4 is 34.5 Å². The molecule has 2 heterocycles. The number of fused-ring (bicyclic) bond motifs is 1. The lowest BCUT2D eigenvalue weighted by Crippen LogP contribution is -2.14. The Morgan fingerprint density at radius 2 is 2.14 bits per heavy atom. The van der Waals surface area contributed by atoms with Gasteiger partial charge in [0.25, 0.3) is 5.91 Å². The Morgan fingerprint density at radius 3 is 2.95 bits per heavy atom. The smallest absolute Gasteiger partial charge is 0.257 e. The molecule has 0 radical (unpaired) electrons. The van der Waals surface area contributed by atoms with E-state index in [0.717, 1.165) is 12.2 Å². The zero-order valence-electron chi connectivity index (χ0n) is 11.9. The van der Waals surface area contributed by atoms with Gasteiger partial charge in [-0.2, -0.15) is 0 Å². The van der Waals surface area contributed by atoms with Crippen LogP contribution in [-0.2, 0) is 0 Å². The van der Waals surface area contributed by atoms with E-state index in [4.69, 9.17) is 11.6 Å². The number of halogens is 1. The fraction of sp³-hybridized carbons (Fsp3) is 0.133. The van der Waals surface area contributed by atoms with Gasteiger partial charge >= 0.3 is 0 Å². The predicted molar refractivity (Wildman–Crippen MR) is 86.6 cm³/mol. The van der Waals surface area contributed by atoms with Gasteiger partial charge in [-0.05, 0) is 37.3 Å². The largest absolute Gasteiger partial charge is 0.384 e. The molecule has 0 aliphatic rings. The molecule has 0 saturated heterocycles. The Balaban J connectivity index is 1.88. The molecule has 0 aliphatic heterocycles. The number of hydrogen-bond acceptors (Lipinski definition) is 4. The molecule has 6 nitrogen and oxygen atoms in total. The number of aromatic nitrogens is 3. The third kappa shape index (κ3) is 2.87. The number of nitrogens with zero attached hydrogens (tertiary/aromatic N) is 3. The van der Waals surface area contributed by atoms with Gasteiger partial charge in [0.15, 0.2) is 5.65 Å². The van der Waals surface area contributed by atoms with Crippen molar-refractivity contribution in [2.24, 2.45) is 0 Å². The number of anilines is 2. The van der Waals surface area contributed by atoms with Gasteiger partial charge in [-0.25, -0.2) is 0 Å². The van der Waals surface area contributed by atoms with Crippen LogP contribution in [0.2, 0.25) is 5.02 Å². The monoisotopic (exact) mass is 315 g/mol. The van der Waals surface area contributed by atoms with Crippen LogP contribution in [0, 0.1) is 0 Å². The summed E-state index contributed by atoms with van der Waals surface area (Å²) in [6, 6.07) is 8.78. The Morgan fingerprint density at radius 1 is 1.27 bits per heavy atom. The Kier molecular flexibility index (Phi) is 3.93. The van der Waals surface area contributed by atoms with Crippen molar-refractivity contribution in [3.05, 3.63) is 53.4 Å². The highest BCUT2D eigenvalue weighted by Crippen LogP contribution is 2.26. The molecule has 3 rings (SSSR count). The molecule has 1 aromatic carbocycles. The topological polar surface area (TPSA) is 71.3 Å². The summed E-state index contributed by atoms with van der Waals surface area (Å²) in [7, 11) is 0. The van der Waals surface area contributed by atoms with E-state index < -0.39 is 0 Å². The molecule has 2 aromatic heterocycles. The first kappa shape index (κ1) is 14.3. The summed E-state index contributed by atoms with van der Waals surface area (Å²) in [6.45, 7) is 2.73. The highest BCUT2D eigenvalue weighted by molar-refractivity contribution is 6.31. The van der Waals surface area contributed by atoms with E-state index in [2.05, 4.69) is 20.8 Å². The summed E-state index contributed by atoms with van der Waals surface area (Å²) in [4.78, 5) is 12.4. The van der Waals surface area contributed by atoms with E-state index in [1.165, 1.54) is 0 Å². The van der Waals surface area contributed by atoms with Gasteiger partial charge in [-0.1, -0.05) is 11.6 Å². The van der Waals surface area contributed by atoms with Crippen molar-refractivity contribution in [3.8, 4) is 0 Å². The second kappa shape index (κ2) is 6.03. The summed E-state index contributed by atoms with van der Waals surface area (Å²) in [5.74, 6) is -0.225. The van der Waals surface area contributed by atoms with Crippen molar-refractivity contribution in [2.45, 2.75) is 6.92 Å². The van der Waals surface area contributed by atoms with Crippen LogP contribution < -0.4 is 10.6 Å². The molecule has 0 fully saturated rings. The Bertz CT molecular complexity index is 830. The molecular formula is C15H14ClN5O. The van der Waals surface area contributed by atoms with Gasteiger partial charge < -0.3 is 10.6 Å². The maximum Gasteiger partial charge on any atom is 0.257 e. The summed E-state index contributed by atoms with van der Waals surface area (Å²) in [5, 5.41) is 14.3. The van der Waals surface area contributed by atoms with Gasteiger partial charge in [0.2, 0.25) is 0 Å². The standard InChI is InChI=1S/C15H14ClN5O/c1-2-17-12-5-4-11(16)7-13(12)19-15(22)10-3-6-14-20-18-9-21(14)8-10/h3-9,17H,2H2,1H3,(H,19,22). The van der Waals surface area contributed by atoms with E-state index >= 15 is 0 Å². The average molecular weight is 316 g/mol. The number of amides is 1. The molecule has 112 valence electrons. The van der Waals surface area contributed by atoms with Gasteiger partial charge in [0.1, 0.15) is 6.33 Å². The SMILES string of the molecule is CCNc1ccc(Cl)cc1NC(=O)c1ccc2nncn2c1. The first-order valence-electron chi connectivity index (χ1n) is 6.81. The van der Waals surface area contributed by atoms with Crippen molar-refractivity contribution in [2.75, 3.05) is 17.2 Å². The number of rotatable bonds is 4. The number of carbonyl (C=O) groups is 1. The van der Waals surface area contributed by atoms with Crippen molar-refractivity contribution in [3.63, 3.8) is 0 Å². The van der Waals surface area contributed by atoms with Crippen LogP contribution in [0.4, 0.5) is 11.4 Å². The number of pyridine rings is 1. The molecule has 0 aliphatic carbocycles. The molecule has 3 aromatic rings. The van der Waals surface area contributed by atoms with Crippen molar-refractivity contribution < 1.29 is 4.79 Å². The van der Waals surface area contributed by atoms with E-state index in [1.807, 2.05) is 13.0 Å². The van der Waals surface area contributed by atoms with Gasteiger partial charge in [-0.15, -0.1) is 10.2 Å². The lowest BCUT2D eigenvalue weighted by atomic mass is 10.2. The highest BCUT2D eigenvalue weighted by atomic mass is 35.5. The van der Waals surface area contributed by atoms with Gasteiger partial charge in [0.05, 0.1) is 16.9 Å². The summed E-state index contributed by atoms with van der Waals surface area (Å²) < 4.78 is 1.69. The van der Waals surface area contributed by atoms with Crippen LogP contribution in [0.1, 0.15) is 17.3 Å². The van der Waals surface area contributed by atoms with Gasteiger partial charge in [-0.3, -0.25) is 9.20 Å². The third-order valence-electron chi connectivity index (χ3n) is 3.15. The molecular weight excluding hydrogens is 302 g/mol. The lowest BCUT2D eigenvalue weighted by molar-refractivity contribution is 0.102.